The average molecular weight is 540 g/mol. The molecule has 2 atom stereocenters. The Balaban J connectivity index is 1.20. The monoisotopic (exact) mass is 539 g/mol. The van der Waals surface area contributed by atoms with Crippen LogP contribution in [0.15, 0.2) is 59.5 Å². The van der Waals surface area contributed by atoms with E-state index in [0.717, 1.165) is 44.9 Å². The third-order valence-electron chi connectivity index (χ3n) is 8.65. The quantitative estimate of drug-likeness (QED) is 0.604. The Bertz CT molecular complexity index is 1260. The lowest BCUT2D eigenvalue weighted by Gasteiger charge is -2.39. The zero-order chi connectivity index (χ0) is 26.8. The molecule has 1 spiro atoms. The predicted octanol–water partition coefficient (Wildman–Crippen LogP) is 3.69. The zero-order valence-corrected chi connectivity index (χ0v) is 22.8. The van der Waals surface area contributed by atoms with Crippen LogP contribution in [-0.2, 0) is 14.8 Å². The van der Waals surface area contributed by atoms with Crippen LogP contribution in [0.2, 0.25) is 0 Å². The second-order valence-corrected chi connectivity index (χ2v) is 12.9. The second kappa shape index (κ2) is 11.1. The van der Waals surface area contributed by atoms with Crippen LogP contribution in [0.25, 0.3) is 0 Å². The van der Waals surface area contributed by atoms with Crippen LogP contribution in [0.4, 0.5) is 0 Å². The number of carbonyl (C=O) groups is 2. The molecule has 9 heteroatoms. The fraction of sp³-hybridized carbons (Fsp3) is 0.517. The number of methoxy groups -OCH3 is 1. The van der Waals surface area contributed by atoms with E-state index < -0.39 is 10.0 Å². The normalized spacial score (nSPS) is 23.8. The molecule has 2 amide bonds. The molecule has 204 valence electrons. The molecule has 1 N–H and O–H groups in total. The van der Waals surface area contributed by atoms with Crippen LogP contribution in [0.3, 0.4) is 0 Å². The van der Waals surface area contributed by atoms with Crippen molar-refractivity contribution >= 4 is 21.8 Å². The van der Waals surface area contributed by atoms with Gasteiger partial charge in [-0.1, -0.05) is 37.1 Å². The molecule has 3 aliphatic rings. The van der Waals surface area contributed by atoms with Crippen molar-refractivity contribution < 1.29 is 22.7 Å². The Morgan fingerprint density at radius 3 is 2.39 bits per heavy atom. The highest BCUT2D eigenvalue weighted by atomic mass is 32.2. The van der Waals surface area contributed by atoms with Gasteiger partial charge in [0.2, 0.25) is 15.9 Å². The number of nitrogens with zero attached hydrogens (tertiary/aromatic N) is 2. The van der Waals surface area contributed by atoms with E-state index in [0.29, 0.717) is 37.5 Å². The van der Waals surface area contributed by atoms with Gasteiger partial charge in [-0.2, -0.15) is 4.31 Å². The van der Waals surface area contributed by atoms with Crippen LogP contribution in [0.5, 0.6) is 5.75 Å². The maximum atomic E-state index is 13.7. The van der Waals surface area contributed by atoms with Crippen molar-refractivity contribution in [3.63, 3.8) is 0 Å². The first-order valence-electron chi connectivity index (χ1n) is 13.6. The van der Waals surface area contributed by atoms with Gasteiger partial charge < -0.3 is 15.0 Å². The molecule has 0 aromatic heterocycles. The summed E-state index contributed by atoms with van der Waals surface area (Å²) in [4.78, 5) is 28.7. The fourth-order valence-corrected chi connectivity index (χ4v) is 7.79. The van der Waals surface area contributed by atoms with E-state index in [2.05, 4.69) is 5.32 Å². The molecule has 1 aliphatic carbocycles. The fourth-order valence-electron chi connectivity index (χ4n) is 6.32. The van der Waals surface area contributed by atoms with E-state index in [-0.39, 0.29) is 34.1 Å². The lowest BCUT2D eigenvalue weighted by molar-refractivity contribution is -0.136. The van der Waals surface area contributed by atoms with Gasteiger partial charge in [-0.05, 0) is 61.8 Å². The minimum Gasteiger partial charge on any atom is -0.497 e. The molecule has 2 aliphatic heterocycles. The third kappa shape index (κ3) is 5.45. The Kier molecular flexibility index (Phi) is 7.77. The number of piperidine rings is 1. The summed E-state index contributed by atoms with van der Waals surface area (Å²) in [6.45, 7) is 2.24. The van der Waals surface area contributed by atoms with Gasteiger partial charge in [0.05, 0.1) is 17.9 Å². The van der Waals surface area contributed by atoms with E-state index >= 15 is 0 Å². The summed E-state index contributed by atoms with van der Waals surface area (Å²) in [6.07, 6.45) is 5.95. The first-order chi connectivity index (χ1) is 18.3. The van der Waals surface area contributed by atoms with Gasteiger partial charge in [0.15, 0.2) is 0 Å². The van der Waals surface area contributed by atoms with Gasteiger partial charge >= 0.3 is 0 Å². The topological polar surface area (TPSA) is 96.0 Å². The highest BCUT2D eigenvalue weighted by molar-refractivity contribution is 7.89. The Morgan fingerprint density at radius 2 is 1.66 bits per heavy atom. The highest BCUT2D eigenvalue weighted by Crippen LogP contribution is 2.42. The van der Waals surface area contributed by atoms with E-state index in [1.165, 1.54) is 7.11 Å². The number of hydrogen-bond donors (Lipinski definition) is 1. The molecule has 2 heterocycles. The largest absolute Gasteiger partial charge is 0.497 e. The van der Waals surface area contributed by atoms with Crippen molar-refractivity contribution in [1.29, 1.82) is 0 Å². The number of carbonyl (C=O) groups excluding carboxylic acids is 2. The zero-order valence-electron chi connectivity index (χ0n) is 22.0. The number of amides is 2. The van der Waals surface area contributed by atoms with Crippen molar-refractivity contribution in [2.75, 3.05) is 33.3 Å². The number of nitrogens with one attached hydrogen (secondary N) is 1. The van der Waals surface area contributed by atoms with Gasteiger partial charge in [0.1, 0.15) is 5.75 Å². The van der Waals surface area contributed by atoms with E-state index in [4.69, 9.17) is 4.74 Å². The first kappa shape index (κ1) is 26.7. The number of likely N-dealkylation sites (tertiary alicyclic amines) is 1. The van der Waals surface area contributed by atoms with Gasteiger partial charge in [-0.3, -0.25) is 9.59 Å². The summed E-state index contributed by atoms with van der Waals surface area (Å²) >= 11 is 0. The molecule has 1 saturated carbocycles. The first-order valence-corrected chi connectivity index (χ1v) is 15.0. The van der Waals surface area contributed by atoms with Crippen molar-refractivity contribution in [2.45, 2.75) is 55.9 Å². The number of benzene rings is 2. The molecular formula is C29H37N3O5S. The van der Waals surface area contributed by atoms with Gasteiger partial charge in [0, 0.05) is 43.9 Å². The summed E-state index contributed by atoms with van der Waals surface area (Å²) in [5.41, 5.74) is 0.563. The summed E-state index contributed by atoms with van der Waals surface area (Å²) in [5.74, 6) is 0.315. The Morgan fingerprint density at radius 1 is 0.947 bits per heavy atom. The Hall–Kier alpha value is -2.91. The van der Waals surface area contributed by atoms with Crippen molar-refractivity contribution in [3.05, 3.63) is 60.2 Å². The average Bonchev–Trinajstić information content (AvgIpc) is 3.37. The predicted molar refractivity (Wildman–Crippen MR) is 144 cm³/mol. The molecule has 3 fully saturated rings. The molecule has 2 aromatic carbocycles. The molecule has 0 radical (unpaired) electrons. The molecular weight excluding hydrogens is 502 g/mol. The standard InChI is InChI=1S/C29H37N3O5S/c1-37-23-10-7-11-24(20-23)38(35,36)32-18-15-29(16-19-32)14-17-31(21-29)28(34)25-12-5-6-13-26(25)30-27(33)22-8-3-2-4-9-22/h2-4,7-11,20,25-26H,5-6,12-19,21H2,1H3,(H,30,33)/t25-,26+/m0/s1. The van der Waals surface area contributed by atoms with E-state index in [9.17, 15) is 18.0 Å². The van der Waals surface area contributed by atoms with Crippen LogP contribution in [0.1, 0.15) is 55.3 Å². The van der Waals surface area contributed by atoms with Crippen LogP contribution in [0, 0.1) is 11.3 Å². The van der Waals surface area contributed by atoms with Crippen molar-refractivity contribution in [3.8, 4) is 5.75 Å². The van der Waals surface area contributed by atoms with Crippen molar-refractivity contribution in [1.82, 2.24) is 14.5 Å². The van der Waals surface area contributed by atoms with Crippen LogP contribution >= 0.6 is 0 Å². The Labute approximate surface area is 225 Å². The third-order valence-corrected chi connectivity index (χ3v) is 10.5. The maximum Gasteiger partial charge on any atom is 0.251 e. The lowest BCUT2D eigenvalue weighted by atomic mass is 9.78. The minimum atomic E-state index is -3.60. The summed E-state index contributed by atoms with van der Waals surface area (Å²) in [5, 5.41) is 3.14. The van der Waals surface area contributed by atoms with E-state index in [1.54, 1.807) is 40.7 Å². The van der Waals surface area contributed by atoms with Crippen LogP contribution in [-0.4, -0.2) is 68.8 Å². The summed E-state index contributed by atoms with van der Waals surface area (Å²) in [6, 6.07) is 15.6. The SMILES string of the molecule is COc1cccc(S(=O)(=O)N2CCC3(CCN(C(=O)[C@H]4CCCC[C@H]4NC(=O)c4ccccc4)C3)CC2)c1. The molecule has 0 bridgehead atoms. The number of rotatable bonds is 6. The molecule has 8 nitrogen and oxygen atoms in total. The second-order valence-electron chi connectivity index (χ2n) is 10.9. The van der Waals surface area contributed by atoms with Gasteiger partial charge in [-0.15, -0.1) is 0 Å². The molecule has 2 aromatic rings. The molecule has 5 rings (SSSR count). The van der Waals surface area contributed by atoms with Gasteiger partial charge in [0.25, 0.3) is 5.91 Å². The van der Waals surface area contributed by atoms with Gasteiger partial charge in [-0.25, -0.2) is 8.42 Å². The van der Waals surface area contributed by atoms with Crippen LogP contribution < -0.4 is 10.1 Å². The lowest BCUT2D eigenvalue weighted by Crippen LogP contribution is -2.50. The molecule has 38 heavy (non-hydrogen) atoms. The number of sulfonamides is 1. The number of ether oxygens (including phenoxy) is 1. The maximum absolute atomic E-state index is 13.7. The molecule has 2 saturated heterocycles. The summed E-state index contributed by atoms with van der Waals surface area (Å²) < 4.78 is 33.2. The summed E-state index contributed by atoms with van der Waals surface area (Å²) in [7, 11) is -2.07. The van der Waals surface area contributed by atoms with Crippen molar-refractivity contribution in [2.24, 2.45) is 11.3 Å². The highest BCUT2D eigenvalue weighted by Gasteiger charge is 2.46. The smallest absolute Gasteiger partial charge is 0.251 e. The molecule has 0 unspecified atom stereocenters. The van der Waals surface area contributed by atoms with E-state index in [1.807, 2.05) is 23.1 Å². The number of hydrogen-bond acceptors (Lipinski definition) is 5. The minimum absolute atomic E-state index is 0.0481.